The van der Waals surface area contributed by atoms with Crippen molar-refractivity contribution in [2.75, 3.05) is 20.8 Å². The molecule has 1 fully saturated rings. The highest BCUT2D eigenvalue weighted by atomic mass is 16.5. The van der Waals surface area contributed by atoms with E-state index >= 15 is 0 Å². The summed E-state index contributed by atoms with van der Waals surface area (Å²) >= 11 is 0. The summed E-state index contributed by atoms with van der Waals surface area (Å²) in [5.74, 6) is 1.15. The van der Waals surface area contributed by atoms with Crippen molar-refractivity contribution < 1.29 is 23.8 Å². The number of esters is 1. The lowest BCUT2D eigenvalue weighted by Gasteiger charge is -2.34. The third-order valence-corrected chi connectivity index (χ3v) is 5.01. The Bertz CT molecular complexity index is 616. The predicted molar refractivity (Wildman–Crippen MR) is 93.9 cm³/mol. The summed E-state index contributed by atoms with van der Waals surface area (Å²) in [7, 11) is 3.01. The van der Waals surface area contributed by atoms with E-state index in [1.54, 1.807) is 12.1 Å². The number of hydrogen-bond acceptors (Lipinski definition) is 5. The number of amides is 1. The summed E-state index contributed by atoms with van der Waals surface area (Å²) in [5.41, 5.74) is 0.310. The Kier molecular flexibility index (Phi) is 6.67. The van der Waals surface area contributed by atoms with Gasteiger partial charge in [-0.05, 0) is 36.5 Å². The highest BCUT2D eigenvalue weighted by Gasteiger charge is 2.28. The van der Waals surface area contributed by atoms with Crippen molar-refractivity contribution in [3.63, 3.8) is 0 Å². The lowest BCUT2D eigenvalue weighted by Crippen LogP contribution is -2.45. The monoisotopic (exact) mass is 349 g/mol. The van der Waals surface area contributed by atoms with Gasteiger partial charge in [0.1, 0.15) is 0 Å². The number of methoxy groups -OCH3 is 2. The van der Waals surface area contributed by atoms with E-state index in [1.807, 2.05) is 0 Å². The summed E-state index contributed by atoms with van der Waals surface area (Å²) < 4.78 is 15.4. The fourth-order valence-corrected chi connectivity index (χ4v) is 3.21. The molecule has 0 radical (unpaired) electrons. The Morgan fingerprint density at radius 3 is 2.52 bits per heavy atom. The largest absolute Gasteiger partial charge is 0.493 e. The van der Waals surface area contributed by atoms with Crippen LogP contribution >= 0.6 is 0 Å². The van der Waals surface area contributed by atoms with Crippen LogP contribution in [0.5, 0.6) is 11.5 Å². The first kappa shape index (κ1) is 19.1. The van der Waals surface area contributed by atoms with Crippen molar-refractivity contribution in [3.8, 4) is 11.5 Å². The van der Waals surface area contributed by atoms with Crippen molar-refractivity contribution in [1.82, 2.24) is 5.32 Å². The van der Waals surface area contributed by atoms with Crippen LogP contribution < -0.4 is 14.8 Å². The van der Waals surface area contributed by atoms with Crippen LogP contribution in [0.1, 0.15) is 43.5 Å². The van der Waals surface area contributed by atoms with Crippen molar-refractivity contribution in [2.24, 2.45) is 11.8 Å². The van der Waals surface area contributed by atoms with Gasteiger partial charge < -0.3 is 19.5 Å². The quantitative estimate of drug-likeness (QED) is 0.800. The molecule has 0 heterocycles. The van der Waals surface area contributed by atoms with Crippen LogP contribution in [0.4, 0.5) is 0 Å². The molecular formula is C19H27NO5. The van der Waals surface area contributed by atoms with Gasteiger partial charge in [0.15, 0.2) is 18.1 Å². The maximum Gasteiger partial charge on any atom is 0.338 e. The predicted octanol–water partition coefficient (Wildman–Crippen LogP) is 2.80. The maximum absolute atomic E-state index is 12.1. The van der Waals surface area contributed by atoms with E-state index in [1.165, 1.54) is 26.7 Å². The van der Waals surface area contributed by atoms with Gasteiger partial charge in [-0.3, -0.25) is 4.79 Å². The molecule has 0 bridgehead atoms. The minimum Gasteiger partial charge on any atom is -0.493 e. The van der Waals surface area contributed by atoms with Gasteiger partial charge >= 0.3 is 5.97 Å². The van der Waals surface area contributed by atoms with E-state index in [-0.39, 0.29) is 18.6 Å². The SMILES string of the molecule is COc1ccc(C(=O)OCC(=O)N[C@H]2CCC[C@@H](C)[C@H]2C)cc1OC. The first-order valence-electron chi connectivity index (χ1n) is 8.64. The van der Waals surface area contributed by atoms with Gasteiger partial charge in [0, 0.05) is 6.04 Å². The molecule has 25 heavy (non-hydrogen) atoms. The molecule has 1 saturated carbocycles. The van der Waals surface area contributed by atoms with Crippen LogP contribution in [0, 0.1) is 11.8 Å². The molecule has 0 unspecified atom stereocenters. The number of benzene rings is 1. The minimum absolute atomic E-state index is 0.149. The van der Waals surface area contributed by atoms with Crippen LogP contribution in [-0.4, -0.2) is 38.7 Å². The standard InChI is InChI=1S/C19H27NO5/c1-12-6-5-7-15(13(12)2)20-18(21)11-25-19(22)14-8-9-16(23-3)17(10-14)24-4/h8-10,12-13,15H,5-7,11H2,1-4H3,(H,20,21)/t12-,13-,15+/m1/s1. The van der Waals surface area contributed by atoms with Gasteiger partial charge in [0.2, 0.25) is 0 Å². The number of rotatable bonds is 6. The Labute approximate surface area is 148 Å². The second-order valence-electron chi connectivity index (χ2n) is 6.59. The van der Waals surface area contributed by atoms with Crippen molar-refractivity contribution >= 4 is 11.9 Å². The van der Waals surface area contributed by atoms with E-state index in [9.17, 15) is 9.59 Å². The topological polar surface area (TPSA) is 73.9 Å². The number of carbonyl (C=O) groups is 2. The normalized spacial score (nSPS) is 22.8. The molecule has 0 saturated heterocycles. The third-order valence-electron chi connectivity index (χ3n) is 5.01. The summed E-state index contributed by atoms with van der Waals surface area (Å²) in [6.45, 7) is 4.08. The molecule has 0 spiro atoms. The highest BCUT2D eigenvalue weighted by Crippen LogP contribution is 2.29. The zero-order valence-corrected chi connectivity index (χ0v) is 15.3. The molecule has 1 aliphatic rings. The summed E-state index contributed by atoms with van der Waals surface area (Å²) in [6.07, 6.45) is 3.28. The van der Waals surface area contributed by atoms with Crippen molar-refractivity contribution in [2.45, 2.75) is 39.2 Å². The zero-order chi connectivity index (χ0) is 18.4. The van der Waals surface area contributed by atoms with Crippen molar-refractivity contribution in [1.29, 1.82) is 0 Å². The molecular weight excluding hydrogens is 322 g/mol. The fraction of sp³-hybridized carbons (Fsp3) is 0.579. The van der Waals surface area contributed by atoms with Crippen LogP contribution in [0.15, 0.2) is 18.2 Å². The van der Waals surface area contributed by atoms with E-state index in [4.69, 9.17) is 14.2 Å². The second kappa shape index (κ2) is 8.74. The first-order valence-corrected chi connectivity index (χ1v) is 8.64. The molecule has 1 aromatic carbocycles. The van der Waals surface area contributed by atoms with Crippen LogP contribution in [0.3, 0.4) is 0 Å². The van der Waals surface area contributed by atoms with E-state index < -0.39 is 5.97 Å². The Morgan fingerprint density at radius 2 is 1.84 bits per heavy atom. The summed E-state index contributed by atoms with van der Waals surface area (Å²) in [6, 6.07) is 4.88. The van der Waals surface area contributed by atoms with Crippen LogP contribution in [0.2, 0.25) is 0 Å². The van der Waals surface area contributed by atoms with Gasteiger partial charge in [-0.2, -0.15) is 0 Å². The molecule has 1 amide bonds. The molecule has 1 aliphatic carbocycles. The molecule has 6 nitrogen and oxygen atoms in total. The van der Waals surface area contributed by atoms with E-state index in [2.05, 4.69) is 19.2 Å². The van der Waals surface area contributed by atoms with Crippen LogP contribution in [-0.2, 0) is 9.53 Å². The summed E-state index contributed by atoms with van der Waals surface area (Å²) in [4.78, 5) is 24.2. The third kappa shape index (κ3) is 4.87. The average Bonchev–Trinajstić information content (AvgIpc) is 2.62. The lowest BCUT2D eigenvalue weighted by molar-refractivity contribution is -0.125. The van der Waals surface area contributed by atoms with Gasteiger partial charge in [-0.1, -0.05) is 26.7 Å². The van der Waals surface area contributed by atoms with Gasteiger partial charge in [-0.25, -0.2) is 4.79 Å². The van der Waals surface area contributed by atoms with E-state index in [0.717, 1.165) is 12.8 Å². The Hall–Kier alpha value is -2.24. The van der Waals surface area contributed by atoms with Gasteiger partial charge in [-0.15, -0.1) is 0 Å². The smallest absolute Gasteiger partial charge is 0.338 e. The number of nitrogens with one attached hydrogen (secondary N) is 1. The summed E-state index contributed by atoms with van der Waals surface area (Å²) in [5, 5.41) is 2.99. The Balaban J connectivity index is 1.88. The highest BCUT2D eigenvalue weighted by molar-refractivity contribution is 5.92. The molecule has 0 aliphatic heterocycles. The molecule has 1 N–H and O–H groups in total. The lowest BCUT2D eigenvalue weighted by atomic mass is 9.78. The molecule has 6 heteroatoms. The zero-order valence-electron chi connectivity index (χ0n) is 15.3. The number of hydrogen-bond donors (Lipinski definition) is 1. The molecule has 0 aromatic heterocycles. The Morgan fingerprint density at radius 1 is 1.12 bits per heavy atom. The molecule has 3 atom stereocenters. The fourth-order valence-electron chi connectivity index (χ4n) is 3.21. The average molecular weight is 349 g/mol. The van der Waals surface area contributed by atoms with Crippen LogP contribution in [0.25, 0.3) is 0 Å². The number of carbonyl (C=O) groups excluding carboxylic acids is 2. The van der Waals surface area contributed by atoms with Gasteiger partial charge in [0.05, 0.1) is 19.8 Å². The molecule has 138 valence electrons. The minimum atomic E-state index is -0.568. The van der Waals surface area contributed by atoms with Crippen molar-refractivity contribution in [3.05, 3.63) is 23.8 Å². The molecule has 2 rings (SSSR count). The maximum atomic E-state index is 12.1. The molecule has 1 aromatic rings. The first-order chi connectivity index (χ1) is 12.0. The number of ether oxygens (including phenoxy) is 3. The second-order valence-corrected chi connectivity index (χ2v) is 6.59. The van der Waals surface area contributed by atoms with Gasteiger partial charge in [0.25, 0.3) is 5.91 Å². The van der Waals surface area contributed by atoms with E-state index in [0.29, 0.717) is 28.9 Å².